The molecule has 100 valence electrons. The number of halogens is 3. The van der Waals surface area contributed by atoms with Crippen LogP contribution in [0.5, 0.6) is 5.75 Å². The number of hydrazine groups is 1. The van der Waals surface area contributed by atoms with E-state index in [1.165, 1.54) is 7.11 Å². The summed E-state index contributed by atoms with van der Waals surface area (Å²) in [6.45, 7) is -1.32. The van der Waals surface area contributed by atoms with E-state index >= 15 is 0 Å². The molecule has 0 fully saturated rings. The zero-order chi connectivity index (χ0) is 13.8. The maximum Gasteiger partial charge on any atom is 0.407 e. The van der Waals surface area contributed by atoms with Gasteiger partial charge in [0.25, 0.3) is 0 Å². The minimum atomic E-state index is -4.41. The van der Waals surface area contributed by atoms with Gasteiger partial charge in [-0.3, -0.25) is 5.01 Å². The first-order chi connectivity index (χ1) is 8.31. The van der Waals surface area contributed by atoms with Crippen molar-refractivity contribution < 1.29 is 17.9 Å². The summed E-state index contributed by atoms with van der Waals surface area (Å²) in [7, 11) is 1.48. The summed E-state index contributed by atoms with van der Waals surface area (Å²) in [6, 6.07) is 6.60. The highest BCUT2D eigenvalue weighted by Gasteiger charge is 2.30. The van der Waals surface area contributed by atoms with Crippen LogP contribution in [0.25, 0.3) is 0 Å². The molecule has 0 aromatic heterocycles. The molecule has 0 aliphatic rings. The Kier molecular flexibility index (Phi) is 4.74. The Morgan fingerprint density at radius 2 is 2.17 bits per heavy atom. The van der Waals surface area contributed by atoms with Gasteiger partial charge in [-0.2, -0.15) is 13.2 Å². The molecule has 0 spiro atoms. The van der Waals surface area contributed by atoms with Gasteiger partial charge in [-0.25, -0.2) is 5.84 Å². The fourth-order valence-electron chi connectivity index (χ4n) is 1.16. The molecule has 8 heteroatoms. The summed E-state index contributed by atoms with van der Waals surface area (Å²) in [5, 5.41) is 2.80. The average molecular weight is 279 g/mol. The van der Waals surface area contributed by atoms with Gasteiger partial charge in [0, 0.05) is 11.8 Å². The van der Waals surface area contributed by atoms with Gasteiger partial charge in [0.2, 0.25) is 0 Å². The van der Waals surface area contributed by atoms with Crippen molar-refractivity contribution >= 4 is 23.0 Å². The molecule has 0 amide bonds. The number of benzene rings is 1. The zero-order valence-corrected chi connectivity index (χ0v) is 10.3. The molecule has 0 saturated carbocycles. The predicted molar refractivity (Wildman–Crippen MR) is 66.2 cm³/mol. The molecular weight excluding hydrogens is 267 g/mol. The Hall–Kier alpha value is -1.54. The lowest BCUT2D eigenvalue weighted by molar-refractivity contribution is -0.137. The van der Waals surface area contributed by atoms with E-state index in [1.807, 2.05) is 0 Å². The first-order valence-corrected chi connectivity index (χ1v) is 5.26. The van der Waals surface area contributed by atoms with Crippen molar-refractivity contribution in [1.82, 2.24) is 5.01 Å². The Balaban J connectivity index is 2.63. The fraction of sp³-hybridized carbons (Fsp3) is 0.300. The molecule has 18 heavy (non-hydrogen) atoms. The van der Waals surface area contributed by atoms with Crippen molar-refractivity contribution in [2.24, 2.45) is 5.84 Å². The monoisotopic (exact) mass is 279 g/mol. The van der Waals surface area contributed by atoms with Crippen molar-refractivity contribution in [3.05, 3.63) is 24.3 Å². The molecule has 1 aromatic carbocycles. The first-order valence-electron chi connectivity index (χ1n) is 4.86. The normalized spacial score (nSPS) is 10.9. The summed E-state index contributed by atoms with van der Waals surface area (Å²) >= 11 is 4.76. The van der Waals surface area contributed by atoms with Crippen molar-refractivity contribution in [2.75, 3.05) is 19.0 Å². The van der Waals surface area contributed by atoms with Gasteiger partial charge < -0.3 is 10.1 Å². The molecular formula is C10H12F3N3OS. The lowest BCUT2D eigenvalue weighted by atomic mass is 10.3. The van der Waals surface area contributed by atoms with Gasteiger partial charge in [0.05, 0.1) is 7.11 Å². The number of hydrogen-bond acceptors (Lipinski definition) is 3. The number of methoxy groups -OCH3 is 1. The summed E-state index contributed by atoms with van der Waals surface area (Å²) < 4.78 is 41.3. The molecule has 0 aliphatic heterocycles. The minimum Gasteiger partial charge on any atom is -0.497 e. The Labute approximate surface area is 107 Å². The number of nitrogens with two attached hydrogens (primary N) is 1. The van der Waals surface area contributed by atoms with Crippen LogP contribution < -0.4 is 15.9 Å². The standard InChI is InChI=1S/C10H12F3N3OS/c1-17-8-4-2-3-7(5-8)15-9(18)16(14)6-10(11,12)13/h2-5H,6,14H2,1H3,(H,15,18). The summed E-state index contributed by atoms with van der Waals surface area (Å²) in [5.41, 5.74) is 0.497. The molecule has 0 aliphatic carbocycles. The van der Waals surface area contributed by atoms with Crippen molar-refractivity contribution in [3.8, 4) is 5.75 Å². The second kappa shape index (κ2) is 5.87. The van der Waals surface area contributed by atoms with E-state index in [-0.39, 0.29) is 5.11 Å². The lowest BCUT2D eigenvalue weighted by Crippen LogP contribution is -2.45. The van der Waals surface area contributed by atoms with Crippen LogP contribution in [0.4, 0.5) is 18.9 Å². The SMILES string of the molecule is COc1cccc(NC(=S)N(N)CC(F)(F)F)c1. The number of hydrogen-bond donors (Lipinski definition) is 2. The second-order valence-corrected chi connectivity index (χ2v) is 3.79. The van der Waals surface area contributed by atoms with Crippen LogP contribution in [0.2, 0.25) is 0 Å². The second-order valence-electron chi connectivity index (χ2n) is 3.41. The van der Waals surface area contributed by atoms with Gasteiger partial charge in [-0.1, -0.05) is 6.07 Å². The van der Waals surface area contributed by atoms with Gasteiger partial charge >= 0.3 is 6.18 Å². The third-order valence-electron chi connectivity index (χ3n) is 1.93. The van der Waals surface area contributed by atoms with E-state index in [9.17, 15) is 13.2 Å². The van der Waals surface area contributed by atoms with E-state index in [4.69, 9.17) is 22.8 Å². The lowest BCUT2D eigenvalue weighted by Gasteiger charge is -2.21. The molecule has 1 aromatic rings. The van der Waals surface area contributed by atoms with E-state index < -0.39 is 12.7 Å². The molecule has 0 radical (unpaired) electrons. The van der Waals surface area contributed by atoms with E-state index in [1.54, 1.807) is 24.3 Å². The first kappa shape index (κ1) is 14.5. The number of ether oxygens (including phenoxy) is 1. The van der Waals surface area contributed by atoms with E-state index in [0.717, 1.165) is 0 Å². The molecule has 3 N–H and O–H groups in total. The molecule has 1 rings (SSSR count). The third-order valence-corrected chi connectivity index (χ3v) is 2.27. The van der Waals surface area contributed by atoms with Crippen LogP contribution >= 0.6 is 12.2 Å². The quantitative estimate of drug-likeness (QED) is 0.504. The number of nitrogens with zero attached hydrogens (tertiary/aromatic N) is 1. The van der Waals surface area contributed by atoms with Crippen LogP contribution in [-0.2, 0) is 0 Å². The molecule has 0 unspecified atom stereocenters. The molecule has 0 saturated heterocycles. The van der Waals surface area contributed by atoms with Gasteiger partial charge in [0.1, 0.15) is 12.3 Å². The number of anilines is 1. The number of alkyl halides is 3. The highest BCUT2D eigenvalue weighted by molar-refractivity contribution is 7.80. The number of nitrogens with one attached hydrogen (secondary N) is 1. The van der Waals surface area contributed by atoms with Crippen LogP contribution in [0.15, 0.2) is 24.3 Å². The van der Waals surface area contributed by atoms with Crippen molar-refractivity contribution in [1.29, 1.82) is 0 Å². The molecule has 0 heterocycles. The van der Waals surface area contributed by atoms with E-state index in [2.05, 4.69) is 5.32 Å². The Morgan fingerprint density at radius 3 is 2.72 bits per heavy atom. The van der Waals surface area contributed by atoms with Gasteiger partial charge in [-0.15, -0.1) is 0 Å². The summed E-state index contributed by atoms with van der Waals surface area (Å²) in [6.07, 6.45) is -4.41. The smallest absolute Gasteiger partial charge is 0.407 e. The van der Waals surface area contributed by atoms with Crippen LogP contribution in [0, 0.1) is 0 Å². The molecule has 4 nitrogen and oxygen atoms in total. The third kappa shape index (κ3) is 4.76. The average Bonchev–Trinajstić information content (AvgIpc) is 2.27. The predicted octanol–water partition coefficient (Wildman–Crippen LogP) is 2.13. The van der Waals surface area contributed by atoms with E-state index in [0.29, 0.717) is 16.4 Å². The zero-order valence-electron chi connectivity index (χ0n) is 9.49. The number of rotatable bonds is 3. The largest absolute Gasteiger partial charge is 0.497 e. The number of thiocarbonyl (C=S) groups is 1. The van der Waals surface area contributed by atoms with Crippen LogP contribution in [-0.4, -0.2) is 30.0 Å². The summed E-state index contributed by atoms with van der Waals surface area (Å²) in [5.74, 6) is 5.76. The maximum absolute atomic E-state index is 12.1. The topological polar surface area (TPSA) is 50.5 Å². The molecule has 0 bridgehead atoms. The summed E-state index contributed by atoms with van der Waals surface area (Å²) in [4.78, 5) is 0. The highest BCUT2D eigenvalue weighted by atomic mass is 32.1. The minimum absolute atomic E-state index is 0.222. The van der Waals surface area contributed by atoms with Gasteiger partial charge in [0.15, 0.2) is 5.11 Å². The fourth-order valence-corrected chi connectivity index (χ4v) is 1.34. The van der Waals surface area contributed by atoms with Gasteiger partial charge in [-0.05, 0) is 24.4 Å². The van der Waals surface area contributed by atoms with Crippen molar-refractivity contribution in [2.45, 2.75) is 6.18 Å². The Morgan fingerprint density at radius 1 is 1.50 bits per heavy atom. The highest BCUT2D eigenvalue weighted by Crippen LogP contribution is 2.18. The van der Waals surface area contributed by atoms with Crippen LogP contribution in [0.3, 0.4) is 0 Å². The maximum atomic E-state index is 12.1. The molecule has 0 atom stereocenters. The Bertz CT molecular complexity index is 425. The van der Waals surface area contributed by atoms with Crippen LogP contribution in [0.1, 0.15) is 0 Å². The van der Waals surface area contributed by atoms with Crippen molar-refractivity contribution in [3.63, 3.8) is 0 Å².